The molecular formula is C18H20FN3O2. The highest BCUT2D eigenvalue weighted by atomic mass is 19.1. The molecule has 2 aliphatic rings. The number of nitrogens with zero attached hydrogens (tertiary/aromatic N) is 3. The first-order valence-electron chi connectivity index (χ1n) is 8.61. The molecule has 2 saturated carbocycles. The topological polar surface area (TPSA) is 68.0 Å². The molecule has 0 saturated heterocycles. The van der Waals surface area contributed by atoms with Crippen molar-refractivity contribution in [1.82, 2.24) is 14.8 Å². The molecule has 1 N–H and O–H groups in total. The quantitative estimate of drug-likeness (QED) is 0.855. The lowest BCUT2D eigenvalue weighted by atomic mass is 9.95. The van der Waals surface area contributed by atoms with Crippen molar-refractivity contribution in [1.29, 1.82) is 0 Å². The van der Waals surface area contributed by atoms with E-state index in [0.29, 0.717) is 11.6 Å². The Labute approximate surface area is 139 Å². The first kappa shape index (κ1) is 15.3. The van der Waals surface area contributed by atoms with Crippen LogP contribution in [0.5, 0.6) is 0 Å². The number of aromatic nitrogens is 3. The van der Waals surface area contributed by atoms with Crippen LogP contribution in [-0.4, -0.2) is 25.8 Å². The molecule has 2 aliphatic carbocycles. The Balaban J connectivity index is 1.84. The fourth-order valence-corrected chi connectivity index (χ4v) is 3.66. The second kappa shape index (κ2) is 6.00. The minimum Gasteiger partial charge on any atom is -0.478 e. The van der Waals surface area contributed by atoms with Gasteiger partial charge in [0.25, 0.3) is 0 Å². The van der Waals surface area contributed by atoms with E-state index in [4.69, 9.17) is 0 Å². The lowest BCUT2D eigenvalue weighted by Crippen LogP contribution is -2.16. The number of hydrogen-bond acceptors (Lipinski definition) is 3. The van der Waals surface area contributed by atoms with Crippen LogP contribution < -0.4 is 0 Å². The molecule has 0 aliphatic heterocycles. The maximum Gasteiger partial charge on any atom is 0.339 e. The Morgan fingerprint density at radius 3 is 2.58 bits per heavy atom. The van der Waals surface area contributed by atoms with Crippen molar-refractivity contribution in [2.45, 2.75) is 56.9 Å². The van der Waals surface area contributed by atoms with Gasteiger partial charge in [0.05, 0.1) is 23.5 Å². The predicted molar refractivity (Wildman–Crippen MR) is 86.5 cm³/mol. The molecule has 24 heavy (non-hydrogen) atoms. The fourth-order valence-electron chi connectivity index (χ4n) is 3.66. The van der Waals surface area contributed by atoms with E-state index < -0.39 is 11.9 Å². The van der Waals surface area contributed by atoms with Crippen molar-refractivity contribution in [3.05, 3.63) is 35.5 Å². The third-order valence-electron chi connectivity index (χ3n) is 5.11. The number of aromatic carboxylic acids is 1. The van der Waals surface area contributed by atoms with Crippen LogP contribution in [0.3, 0.4) is 0 Å². The third kappa shape index (κ3) is 2.70. The van der Waals surface area contributed by atoms with E-state index in [9.17, 15) is 14.3 Å². The lowest BCUT2D eigenvalue weighted by Gasteiger charge is -2.24. The summed E-state index contributed by atoms with van der Waals surface area (Å²) in [6.45, 7) is 0. The van der Waals surface area contributed by atoms with Crippen LogP contribution in [0, 0.1) is 5.95 Å². The summed E-state index contributed by atoms with van der Waals surface area (Å²) in [5.74, 6) is -1.28. The number of halogens is 1. The Kier molecular flexibility index (Phi) is 3.82. The minimum absolute atomic E-state index is 0.0502. The summed E-state index contributed by atoms with van der Waals surface area (Å²) in [4.78, 5) is 15.5. The number of hydrogen-bond donors (Lipinski definition) is 1. The van der Waals surface area contributed by atoms with Gasteiger partial charge < -0.3 is 5.11 Å². The van der Waals surface area contributed by atoms with E-state index in [1.807, 2.05) is 0 Å². The van der Waals surface area contributed by atoms with Crippen LogP contribution in [0.15, 0.2) is 18.5 Å². The molecule has 0 atom stereocenters. The Morgan fingerprint density at radius 2 is 1.92 bits per heavy atom. The van der Waals surface area contributed by atoms with Crippen molar-refractivity contribution in [3.63, 3.8) is 0 Å². The molecule has 0 spiro atoms. The first-order chi connectivity index (χ1) is 11.6. The number of carboxylic acid groups (broad SMARTS) is 1. The number of rotatable bonds is 4. The van der Waals surface area contributed by atoms with Crippen LogP contribution in [0.1, 0.15) is 72.8 Å². The normalized spacial score (nSPS) is 18.7. The lowest BCUT2D eigenvalue weighted by molar-refractivity contribution is 0.0697. The summed E-state index contributed by atoms with van der Waals surface area (Å²) in [6, 6.07) is 1.90. The molecule has 0 bridgehead atoms. The monoisotopic (exact) mass is 329 g/mol. The summed E-state index contributed by atoms with van der Waals surface area (Å²) in [6.07, 6.45) is 10.3. The van der Waals surface area contributed by atoms with Gasteiger partial charge >= 0.3 is 5.97 Å². The average Bonchev–Trinajstić information content (AvgIpc) is 3.34. The number of carboxylic acids is 1. The van der Waals surface area contributed by atoms with Crippen molar-refractivity contribution in [3.8, 4) is 11.3 Å². The highest BCUT2D eigenvalue weighted by molar-refractivity contribution is 5.94. The zero-order valence-electron chi connectivity index (χ0n) is 13.4. The van der Waals surface area contributed by atoms with Gasteiger partial charge in [-0.1, -0.05) is 19.3 Å². The van der Waals surface area contributed by atoms with Gasteiger partial charge in [0.1, 0.15) is 5.56 Å². The zero-order chi connectivity index (χ0) is 16.7. The van der Waals surface area contributed by atoms with Gasteiger partial charge in [-0.3, -0.25) is 4.68 Å². The largest absolute Gasteiger partial charge is 0.478 e. The van der Waals surface area contributed by atoms with Crippen molar-refractivity contribution >= 4 is 5.97 Å². The second-order valence-electron chi connectivity index (χ2n) is 6.83. The standard InChI is InChI=1S/C18H20FN3O2/c19-17-14(8-12(9-20-17)11-6-7-11)16-15(18(23)24)10-21-22(16)13-4-2-1-3-5-13/h8-11,13H,1-7H2,(H,23,24). The molecule has 0 amide bonds. The van der Waals surface area contributed by atoms with Gasteiger partial charge in [-0.2, -0.15) is 9.49 Å². The van der Waals surface area contributed by atoms with E-state index >= 15 is 0 Å². The SMILES string of the molecule is O=C(O)c1cnn(C2CCCCC2)c1-c1cc(C2CC2)cnc1F. The smallest absolute Gasteiger partial charge is 0.339 e. The van der Waals surface area contributed by atoms with Gasteiger partial charge in [-0.05, 0) is 43.2 Å². The van der Waals surface area contributed by atoms with E-state index in [0.717, 1.165) is 44.1 Å². The second-order valence-corrected chi connectivity index (χ2v) is 6.83. The van der Waals surface area contributed by atoms with Gasteiger partial charge in [-0.25, -0.2) is 9.78 Å². The van der Waals surface area contributed by atoms with Gasteiger partial charge in [0, 0.05) is 6.20 Å². The van der Waals surface area contributed by atoms with Gasteiger partial charge in [0.2, 0.25) is 5.95 Å². The Hall–Kier alpha value is -2.24. The molecule has 5 nitrogen and oxygen atoms in total. The molecule has 2 aromatic rings. The summed E-state index contributed by atoms with van der Waals surface area (Å²) in [5, 5.41) is 13.8. The third-order valence-corrected chi connectivity index (χ3v) is 5.11. The molecule has 6 heteroatoms. The van der Waals surface area contributed by atoms with Crippen LogP contribution in [0.25, 0.3) is 11.3 Å². The van der Waals surface area contributed by atoms with E-state index in [2.05, 4.69) is 10.1 Å². The van der Waals surface area contributed by atoms with Crippen molar-refractivity contribution in [2.75, 3.05) is 0 Å². The van der Waals surface area contributed by atoms with Crippen molar-refractivity contribution in [2.24, 2.45) is 0 Å². The number of carbonyl (C=O) groups is 1. The summed E-state index contributed by atoms with van der Waals surface area (Å²) in [5.41, 5.74) is 1.66. The molecule has 0 radical (unpaired) electrons. The Morgan fingerprint density at radius 1 is 1.17 bits per heavy atom. The van der Waals surface area contributed by atoms with Crippen molar-refractivity contribution < 1.29 is 14.3 Å². The van der Waals surface area contributed by atoms with Gasteiger partial charge in [0.15, 0.2) is 0 Å². The molecule has 126 valence electrons. The van der Waals surface area contributed by atoms with E-state index in [1.54, 1.807) is 16.9 Å². The maximum absolute atomic E-state index is 14.5. The van der Waals surface area contributed by atoms with Crippen LogP contribution in [-0.2, 0) is 0 Å². The van der Waals surface area contributed by atoms with E-state index in [-0.39, 0.29) is 17.2 Å². The van der Waals surface area contributed by atoms with E-state index in [1.165, 1.54) is 12.6 Å². The maximum atomic E-state index is 14.5. The molecule has 2 aromatic heterocycles. The zero-order valence-corrected chi connectivity index (χ0v) is 13.4. The van der Waals surface area contributed by atoms with Crippen LogP contribution in [0.4, 0.5) is 4.39 Å². The fraction of sp³-hybridized carbons (Fsp3) is 0.500. The highest BCUT2D eigenvalue weighted by Gasteiger charge is 2.29. The molecule has 0 unspecified atom stereocenters. The van der Waals surface area contributed by atoms with Crippen LogP contribution in [0.2, 0.25) is 0 Å². The molecule has 0 aromatic carbocycles. The molecule has 2 heterocycles. The molecule has 4 rings (SSSR count). The summed E-state index contributed by atoms with van der Waals surface area (Å²) in [7, 11) is 0. The molecular weight excluding hydrogens is 309 g/mol. The average molecular weight is 329 g/mol. The number of pyridine rings is 1. The molecule has 2 fully saturated rings. The Bertz CT molecular complexity index is 777. The first-order valence-corrected chi connectivity index (χ1v) is 8.61. The summed E-state index contributed by atoms with van der Waals surface area (Å²) < 4.78 is 16.2. The highest BCUT2D eigenvalue weighted by Crippen LogP contribution is 2.42. The van der Waals surface area contributed by atoms with Crippen LogP contribution >= 0.6 is 0 Å². The van der Waals surface area contributed by atoms with Gasteiger partial charge in [-0.15, -0.1) is 0 Å². The predicted octanol–water partition coefficient (Wildman–Crippen LogP) is 4.17. The summed E-state index contributed by atoms with van der Waals surface area (Å²) >= 11 is 0. The minimum atomic E-state index is -1.08.